The van der Waals surface area contributed by atoms with Gasteiger partial charge in [-0.05, 0) is 0 Å². The summed E-state index contributed by atoms with van der Waals surface area (Å²) in [7, 11) is -2.61. The van der Waals surface area contributed by atoms with Crippen LogP contribution in [-0.2, 0) is 28.2 Å². The Morgan fingerprint density at radius 1 is 1.00 bits per heavy atom. The van der Waals surface area contributed by atoms with E-state index in [0.29, 0.717) is 0 Å². The molecular weight excluding hydrogens is 347 g/mol. The Labute approximate surface area is 151 Å². The predicted molar refractivity (Wildman–Crippen MR) is 96.7 cm³/mol. The molecule has 0 saturated heterocycles. The Morgan fingerprint density at radius 2 is 1.48 bits per heavy atom. The van der Waals surface area contributed by atoms with E-state index >= 15 is 0 Å². The summed E-state index contributed by atoms with van der Waals surface area (Å²) >= 11 is 0. The summed E-state index contributed by atoms with van der Waals surface area (Å²) in [6.45, 7) is 12.1. The zero-order chi connectivity index (χ0) is 17.0. The van der Waals surface area contributed by atoms with Crippen LogP contribution in [0.5, 0.6) is 0 Å². The molecule has 2 nitrogen and oxygen atoms in total. The third-order valence-electron chi connectivity index (χ3n) is 3.84. The van der Waals surface area contributed by atoms with Crippen molar-refractivity contribution in [3.05, 3.63) is 54.1 Å². The summed E-state index contributed by atoms with van der Waals surface area (Å²) < 4.78 is 13.6. The monoisotopic (exact) mass is 376 g/mol. The minimum atomic E-state index is -2.61. The van der Waals surface area contributed by atoms with Gasteiger partial charge in [-0.15, -0.1) is 5.30 Å². The molecule has 0 spiro atoms. The van der Waals surface area contributed by atoms with E-state index in [4.69, 9.17) is 0 Å². The number of aliphatic hydroxyl groups is 1. The van der Waals surface area contributed by atoms with Gasteiger partial charge in [0.25, 0.3) is 0 Å². The van der Waals surface area contributed by atoms with Crippen molar-refractivity contribution in [2.45, 2.75) is 58.5 Å². The van der Waals surface area contributed by atoms with Gasteiger partial charge in [0.05, 0.1) is 0 Å². The number of hydrogen-bond donors (Lipinski definition) is 1. The molecular formula is C19H29FeO2P. The molecule has 0 aromatic heterocycles. The van der Waals surface area contributed by atoms with Crippen molar-refractivity contribution in [2.24, 2.45) is 0 Å². The van der Waals surface area contributed by atoms with E-state index in [1.807, 2.05) is 90.1 Å². The van der Waals surface area contributed by atoms with E-state index in [2.05, 4.69) is 0 Å². The Kier molecular flexibility index (Phi) is 8.27. The van der Waals surface area contributed by atoms with Gasteiger partial charge in [0.2, 0.25) is 0 Å². The summed E-state index contributed by atoms with van der Waals surface area (Å²) in [5, 5.41) is 9.62. The maximum Gasteiger partial charge on any atom is 2.00 e. The Morgan fingerprint density at radius 3 is 1.78 bits per heavy atom. The molecule has 2 aromatic rings. The van der Waals surface area contributed by atoms with Crippen molar-refractivity contribution in [3.8, 4) is 0 Å². The van der Waals surface area contributed by atoms with Crippen molar-refractivity contribution >= 4 is 12.4 Å². The minimum Gasteiger partial charge on any atom is -0.405 e. The first kappa shape index (κ1) is 22.4. The Bertz CT molecular complexity index is 563. The first-order chi connectivity index (χ1) is 10.1. The molecule has 2 rings (SSSR count). The van der Waals surface area contributed by atoms with E-state index in [9.17, 15) is 9.67 Å². The number of aliphatic hydroxyl groups excluding tert-OH is 1. The van der Waals surface area contributed by atoms with Crippen LogP contribution in [-0.4, -0.2) is 15.4 Å². The summed E-state index contributed by atoms with van der Waals surface area (Å²) in [4.78, 5) is 0. The summed E-state index contributed by atoms with van der Waals surface area (Å²) in [5.74, 6) is 0. The van der Waals surface area contributed by atoms with Gasteiger partial charge in [-0.2, -0.15) is 35.9 Å². The Hall–Kier alpha value is -0.591. The van der Waals surface area contributed by atoms with Crippen LogP contribution in [0.1, 0.15) is 47.1 Å². The zero-order valence-corrected chi connectivity index (χ0v) is 17.0. The van der Waals surface area contributed by atoms with Gasteiger partial charge in [-0.25, -0.2) is 18.2 Å². The molecule has 0 amide bonds. The normalized spacial score (nSPS) is 12.1. The van der Waals surface area contributed by atoms with Crippen LogP contribution < -0.4 is 5.30 Å². The van der Waals surface area contributed by atoms with Crippen molar-refractivity contribution < 1.29 is 26.7 Å². The molecule has 0 aliphatic rings. The first-order valence-corrected chi connectivity index (χ1v) is 9.39. The van der Waals surface area contributed by atoms with Crippen molar-refractivity contribution in [1.82, 2.24) is 0 Å². The first-order valence-electron chi connectivity index (χ1n) is 7.68. The van der Waals surface area contributed by atoms with Gasteiger partial charge in [-0.1, -0.05) is 41.5 Å². The molecule has 4 heteroatoms. The predicted octanol–water partition coefficient (Wildman–Crippen LogP) is 4.89. The fourth-order valence-corrected chi connectivity index (χ4v) is 7.24. The molecule has 0 heterocycles. The molecule has 0 atom stereocenters. The third-order valence-corrected chi connectivity index (χ3v) is 8.73. The van der Waals surface area contributed by atoms with Crippen LogP contribution in [0.25, 0.3) is 0 Å². The zero-order valence-electron chi connectivity index (χ0n) is 15.0. The molecule has 130 valence electrons. The minimum absolute atomic E-state index is 0. The van der Waals surface area contributed by atoms with E-state index in [1.54, 1.807) is 0 Å². The van der Waals surface area contributed by atoms with E-state index < -0.39 is 7.14 Å². The maximum atomic E-state index is 13.6. The molecule has 23 heavy (non-hydrogen) atoms. The molecule has 0 aliphatic carbocycles. The summed E-state index contributed by atoms with van der Waals surface area (Å²) in [5.41, 5.74) is 0.804. The van der Waals surface area contributed by atoms with E-state index in [0.717, 1.165) is 10.9 Å². The summed E-state index contributed by atoms with van der Waals surface area (Å²) in [6, 6.07) is 15.6. The smallest absolute Gasteiger partial charge is 0.405 e. The average Bonchev–Trinajstić information content (AvgIpc) is 3.08. The standard InChI is InChI=1S/C14H24O2P.C5H5.Fe/c1-13(2,3)17(16,14(4,5)6)12-9-7-8-11(12)10-15;1-2-4-5-3-1;/h7-9,15H,10H2,1-6H3;1-5H;/q2*-1;+2. The van der Waals surface area contributed by atoms with Gasteiger partial charge in [-0.3, -0.25) is 0 Å². The molecule has 0 saturated carbocycles. The van der Waals surface area contributed by atoms with Crippen molar-refractivity contribution in [2.75, 3.05) is 0 Å². The van der Waals surface area contributed by atoms with Gasteiger partial charge in [0.15, 0.2) is 0 Å². The van der Waals surface area contributed by atoms with Crippen LogP contribution in [0.2, 0.25) is 0 Å². The Balaban J connectivity index is 0.000000684. The molecule has 2 aromatic carbocycles. The second-order valence-electron chi connectivity index (χ2n) is 7.51. The topological polar surface area (TPSA) is 37.3 Å². The van der Waals surface area contributed by atoms with Crippen LogP contribution in [0.3, 0.4) is 0 Å². The largest absolute Gasteiger partial charge is 2.00 e. The van der Waals surface area contributed by atoms with E-state index in [1.165, 1.54) is 0 Å². The second kappa shape index (κ2) is 8.49. The van der Waals surface area contributed by atoms with E-state index in [-0.39, 0.29) is 34.0 Å². The SMILES string of the molecule is CC(C)(C)P(=O)(c1[cH-]ccc1CO)C(C)(C)C.[Fe+2].c1cc[cH-]c1. The van der Waals surface area contributed by atoms with Crippen LogP contribution in [0.15, 0.2) is 48.5 Å². The van der Waals surface area contributed by atoms with Crippen LogP contribution in [0.4, 0.5) is 0 Å². The van der Waals surface area contributed by atoms with Gasteiger partial charge >= 0.3 is 17.1 Å². The molecule has 1 N–H and O–H groups in total. The van der Waals surface area contributed by atoms with Crippen molar-refractivity contribution in [1.29, 1.82) is 0 Å². The third kappa shape index (κ3) is 4.94. The summed E-state index contributed by atoms with van der Waals surface area (Å²) in [6.07, 6.45) is 0. The fourth-order valence-electron chi connectivity index (χ4n) is 2.94. The quantitative estimate of drug-likeness (QED) is 0.461. The molecule has 0 unspecified atom stereocenters. The average molecular weight is 376 g/mol. The van der Waals surface area contributed by atoms with Crippen LogP contribution >= 0.6 is 7.14 Å². The molecule has 0 bridgehead atoms. The van der Waals surface area contributed by atoms with Gasteiger partial charge in [0.1, 0.15) is 7.14 Å². The number of rotatable bonds is 2. The maximum absolute atomic E-state index is 13.6. The van der Waals surface area contributed by atoms with Crippen LogP contribution in [0, 0.1) is 0 Å². The second-order valence-corrected chi connectivity index (χ2v) is 11.9. The van der Waals surface area contributed by atoms with Gasteiger partial charge in [0, 0.05) is 16.9 Å². The fraction of sp³-hybridized carbons (Fsp3) is 0.474. The van der Waals surface area contributed by atoms with Crippen molar-refractivity contribution in [3.63, 3.8) is 0 Å². The number of hydrogen-bond acceptors (Lipinski definition) is 2. The van der Waals surface area contributed by atoms with Gasteiger partial charge < -0.3 is 9.67 Å². The molecule has 0 aliphatic heterocycles. The molecule has 0 radical (unpaired) electrons. The molecule has 0 fully saturated rings.